The van der Waals surface area contributed by atoms with Gasteiger partial charge in [-0.1, -0.05) is 5.16 Å². The number of nitrogens with zero attached hydrogens (tertiary/aromatic N) is 2. The molecule has 8 nitrogen and oxygen atoms in total. The molecule has 0 fully saturated rings. The van der Waals surface area contributed by atoms with Crippen LogP contribution in [-0.2, 0) is 6.42 Å². The van der Waals surface area contributed by atoms with E-state index in [9.17, 15) is 9.59 Å². The van der Waals surface area contributed by atoms with Crippen molar-refractivity contribution in [3.05, 3.63) is 39.3 Å². The van der Waals surface area contributed by atoms with Crippen molar-refractivity contribution in [3.63, 3.8) is 0 Å². The molecule has 0 aliphatic carbocycles. The van der Waals surface area contributed by atoms with Crippen molar-refractivity contribution >= 4 is 11.7 Å². The van der Waals surface area contributed by atoms with Gasteiger partial charge in [-0.2, -0.15) is 0 Å². The molecule has 0 aliphatic rings. The summed E-state index contributed by atoms with van der Waals surface area (Å²) in [4.78, 5) is 29.7. The fourth-order valence-electron chi connectivity index (χ4n) is 1.84. The minimum atomic E-state index is -0.315. The van der Waals surface area contributed by atoms with Gasteiger partial charge in [-0.3, -0.25) is 9.59 Å². The maximum Gasteiger partial charge on any atom is 0.256 e. The molecule has 0 radical (unpaired) electrons. The van der Waals surface area contributed by atoms with E-state index in [1.165, 1.54) is 6.07 Å². The highest BCUT2D eigenvalue weighted by atomic mass is 16.5. The van der Waals surface area contributed by atoms with E-state index in [2.05, 4.69) is 20.4 Å². The molecular weight excluding hydrogens is 262 g/mol. The van der Waals surface area contributed by atoms with Crippen LogP contribution in [0.15, 0.2) is 15.4 Å². The topological polar surface area (TPSA) is 127 Å². The molecule has 0 saturated carbocycles. The number of carbonyl (C=O) groups is 1. The summed E-state index contributed by atoms with van der Waals surface area (Å²) in [6.45, 7) is 3.68. The molecule has 4 N–H and O–H groups in total. The third kappa shape index (κ3) is 3.02. The summed E-state index contributed by atoms with van der Waals surface area (Å²) in [7, 11) is 0. The second-order valence-corrected chi connectivity index (χ2v) is 4.32. The quantitative estimate of drug-likeness (QED) is 0.718. The summed E-state index contributed by atoms with van der Waals surface area (Å²) < 4.78 is 4.93. The Hall–Kier alpha value is -2.64. The summed E-state index contributed by atoms with van der Waals surface area (Å²) in [6, 6.07) is 1.20. The first-order chi connectivity index (χ1) is 9.47. The summed E-state index contributed by atoms with van der Waals surface area (Å²) >= 11 is 0. The number of aryl methyl sites for hydroxylation is 2. The predicted molar refractivity (Wildman–Crippen MR) is 71.3 cm³/mol. The van der Waals surface area contributed by atoms with Gasteiger partial charge in [0.05, 0.1) is 5.69 Å². The molecule has 20 heavy (non-hydrogen) atoms. The van der Waals surface area contributed by atoms with E-state index in [0.717, 1.165) is 0 Å². The Morgan fingerprint density at radius 1 is 1.50 bits per heavy atom. The number of aromatic amines is 1. The van der Waals surface area contributed by atoms with E-state index in [0.29, 0.717) is 35.8 Å². The van der Waals surface area contributed by atoms with Crippen LogP contribution in [0.1, 0.15) is 27.6 Å². The lowest BCUT2D eigenvalue weighted by Crippen LogP contribution is -2.27. The lowest BCUT2D eigenvalue weighted by Gasteiger charge is -2.04. The second-order valence-electron chi connectivity index (χ2n) is 4.32. The maximum absolute atomic E-state index is 11.9. The molecule has 2 aromatic rings. The van der Waals surface area contributed by atoms with Gasteiger partial charge in [0.15, 0.2) is 0 Å². The average Bonchev–Trinajstić information content (AvgIpc) is 2.67. The summed E-state index contributed by atoms with van der Waals surface area (Å²) in [6.07, 6.45) is 0.370. The molecular formula is C12H15N5O3. The summed E-state index contributed by atoms with van der Waals surface area (Å²) in [5, 5.41) is 6.43. The Bertz CT molecular complexity index is 669. The Morgan fingerprint density at radius 2 is 2.25 bits per heavy atom. The van der Waals surface area contributed by atoms with Crippen molar-refractivity contribution in [2.75, 3.05) is 12.3 Å². The Labute approximate surface area is 114 Å². The Balaban J connectivity index is 1.96. The third-order valence-corrected chi connectivity index (χ3v) is 2.72. The normalized spacial score (nSPS) is 10.5. The number of anilines is 1. The van der Waals surface area contributed by atoms with Crippen molar-refractivity contribution in [1.29, 1.82) is 0 Å². The van der Waals surface area contributed by atoms with Crippen LogP contribution in [0.25, 0.3) is 0 Å². The zero-order chi connectivity index (χ0) is 14.7. The van der Waals surface area contributed by atoms with Crippen LogP contribution in [0.5, 0.6) is 0 Å². The third-order valence-electron chi connectivity index (χ3n) is 2.72. The molecule has 0 aromatic carbocycles. The first-order valence-electron chi connectivity index (χ1n) is 6.04. The molecule has 106 valence electrons. The van der Waals surface area contributed by atoms with Crippen molar-refractivity contribution in [3.8, 4) is 0 Å². The first kappa shape index (κ1) is 13.8. The standard InChI is InChI=1S/C12H15N5O3/c1-6-11(7(2)20-17-6)12(19)14-4-3-9-15-8(13)5-10(18)16-9/h5H,3-4H2,1-2H3,(H,14,19)(H3,13,15,16,18). The highest BCUT2D eigenvalue weighted by molar-refractivity contribution is 5.96. The molecule has 8 heteroatoms. The van der Waals surface area contributed by atoms with Crippen molar-refractivity contribution < 1.29 is 9.32 Å². The summed E-state index contributed by atoms with van der Waals surface area (Å²) in [5.74, 6) is 0.776. The number of nitrogens with two attached hydrogens (primary N) is 1. The molecule has 2 rings (SSSR count). The Morgan fingerprint density at radius 3 is 2.85 bits per heavy atom. The zero-order valence-corrected chi connectivity index (χ0v) is 11.2. The number of H-pyrrole nitrogens is 1. The summed E-state index contributed by atoms with van der Waals surface area (Å²) in [5.41, 5.74) is 6.12. The molecule has 2 heterocycles. The van der Waals surface area contributed by atoms with Crippen LogP contribution in [0.3, 0.4) is 0 Å². The number of carbonyl (C=O) groups excluding carboxylic acids is 1. The van der Waals surface area contributed by atoms with E-state index in [1.54, 1.807) is 13.8 Å². The number of hydrogen-bond donors (Lipinski definition) is 3. The fraction of sp³-hybridized carbons (Fsp3) is 0.333. The Kier molecular flexibility index (Phi) is 3.83. The van der Waals surface area contributed by atoms with Gasteiger partial charge in [0, 0.05) is 19.0 Å². The molecule has 1 amide bonds. The van der Waals surface area contributed by atoms with Gasteiger partial charge in [0.25, 0.3) is 11.5 Å². The van der Waals surface area contributed by atoms with Gasteiger partial charge in [0.1, 0.15) is 23.0 Å². The molecule has 0 bridgehead atoms. The second kappa shape index (κ2) is 5.55. The van der Waals surface area contributed by atoms with E-state index in [1.807, 2.05) is 0 Å². The van der Waals surface area contributed by atoms with Gasteiger partial charge >= 0.3 is 0 Å². The van der Waals surface area contributed by atoms with Crippen molar-refractivity contribution in [2.24, 2.45) is 0 Å². The lowest BCUT2D eigenvalue weighted by molar-refractivity contribution is 0.0952. The number of hydrogen-bond acceptors (Lipinski definition) is 6. The van der Waals surface area contributed by atoms with Crippen LogP contribution < -0.4 is 16.6 Å². The number of rotatable bonds is 4. The van der Waals surface area contributed by atoms with Crippen LogP contribution in [0.4, 0.5) is 5.82 Å². The van der Waals surface area contributed by atoms with Crippen LogP contribution in [0, 0.1) is 13.8 Å². The lowest BCUT2D eigenvalue weighted by atomic mass is 10.2. The molecule has 0 aliphatic heterocycles. The van der Waals surface area contributed by atoms with E-state index in [4.69, 9.17) is 10.3 Å². The van der Waals surface area contributed by atoms with Crippen LogP contribution in [0.2, 0.25) is 0 Å². The molecule has 2 aromatic heterocycles. The number of nitrogens with one attached hydrogen (secondary N) is 2. The van der Waals surface area contributed by atoms with E-state index >= 15 is 0 Å². The molecule has 0 saturated heterocycles. The minimum absolute atomic E-state index is 0.154. The number of nitrogen functional groups attached to an aromatic ring is 1. The molecule has 0 spiro atoms. The highest BCUT2D eigenvalue weighted by Crippen LogP contribution is 2.11. The highest BCUT2D eigenvalue weighted by Gasteiger charge is 2.16. The molecule has 0 atom stereocenters. The van der Waals surface area contributed by atoms with Gasteiger partial charge < -0.3 is 20.6 Å². The van der Waals surface area contributed by atoms with Crippen LogP contribution in [-0.4, -0.2) is 27.6 Å². The first-order valence-corrected chi connectivity index (χ1v) is 6.04. The van der Waals surface area contributed by atoms with Gasteiger partial charge in [-0.15, -0.1) is 0 Å². The van der Waals surface area contributed by atoms with E-state index in [-0.39, 0.29) is 17.3 Å². The minimum Gasteiger partial charge on any atom is -0.383 e. The smallest absolute Gasteiger partial charge is 0.256 e. The fourth-order valence-corrected chi connectivity index (χ4v) is 1.84. The van der Waals surface area contributed by atoms with Crippen LogP contribution >= 0.6 is 0 Å². The van der Waals surface area contributed by atoms with Gasteiger partial charge in [-0.25, -0.2) is 4.98 Å². The zero-order valence-electron chi connectivity index (χ0n) is 11.2. The molecule has 0 unspecified atom stereocenters. The van der Waals surface area contributed by atoms with Crippen molar-refractivity contribution in [2.45, 2.75) is 20.3 Å². The SMILES string of the molecule is Cc1noc(C)c1C(=O)NCCc1nc(N)cc(=O)[nH]1. The van der Waals surface area contributed by atoms with Gasteiger partial charge in [0.2, 0.25) is 0 Å². The van der Waals surface area contributed by atoms with Crippen molar-refractivity contribution in [1.82, 2.24) is 20.4 Å². The van der Waals surface area contributed by atoms with Gasteiger partial charge in [-0.05, 0) is 13.8 Å². The van der Waals surface area contributed by atoms with E-state index < -0.39 is 0 Å². The predicted octanol–water partition coefficient (Wildman–Crippen LogP) is -0.0706. The average molecular weight is 277 g/mol. The number of aromatic nitrogens is 3. The monoisotopic (exact) mass is 277 g/mol. The largest absolute Gasteiger partial charge is 0.383 e. The maximum atomic E-state index is 11.9. The number of amides is 1.